The van der Waals surface area contributed by atoms with Crippen molar-refractivity contribution in [3.63, 3.8) is 0 Å². The summed E-state index contributed by atoms with van der Waals surface area (Å²) in [5, 5.41) is 20.2. The van der Waals surface area contributed by atoms with E-state index in [0.29, 0.717) is 62.2 Å². The standard InChI is InChI=1S/C47H62O7/c1-8-47(30-48,31-49)23-26-52-44-40(11-9-24-53-45(50)32(2)3)28-42(29-41(44)12-10-25-54-46(51)33(4)5)43-22-21-39(27-35(43)7)38-19-17-37(18-20-38)36-15-13-34(6)14-16-36/h17-22,27-29,34,36,48-49H,2,4,8-16,23-26,30-31H2,1,3,5-7H3. The zero-order valence-electron chi connectivity index (χ0n) is 33.3. The Kier molecular flexibility index (Phi) is 16.1. The van der Waals surface area contributed by atoms with Crippen molar-refractivity contribution in [2.24, 2.45) is 11.3 Å². The Labute approximate surface area is 323 Å². The predicted molar refractivity (Wildman–Crippen MR) is 218 cm³/mol. The van der Waals surface area contributed by atoms with E-state index in [-0.39, 0.29) is 26.4 Å². The summed E-state index contributed by atoms with van der Waals surface area (Å²) in [4.78, 5) is 24.2. The van der Waals surface area contributed by atoms with Crippen molar-refractivity contribution in [3.8, 4) is 28.0 Å². The number of aliphatic hydroxyl groups excluding tert-OH is 2. The maximum absolute atomic E-state index is 12.1. The molecule has 7 nitrogen and oxygen atoms in total. The highest BCUT2D eigenvalue weighted by Gasteiger charge is 2.27. The molecule has 3 aromatic rings. The Balaban J connectivity index is 1.66. The van der Waals surface area contributed by atoms with Crippen molar-refractivity contribution in [2.75, 3.05) is 33.0 Å². The average molecular weight is 739 g/mol. The Hall–Kier alpha value is -4.20. The van der Waals surface area contributed by atoms with Gasteiger partial charge in [0, 0.05) is 16.6 Å². The van der Waals surface area contributed by atoms with Crippen LogP contribution in [0.2, 0.25) is 0 Å². The van der Waals surface area contributed by atoms with E-state index in [1.54, 1.807) is 13.8 Å². The molecule has 0 atom stereocenters. The summed E-state index contributed by atoms with van der Waals surface area (Å²) >= 11 is 0. The van der Waals surface area contributed by atoms with E-state index >= 15 is 0 Å². The number of benzene rings is 3. The highest BCUT2D eigenvalue weighted by molar-refractivity contribution is 5.87. The van der Waals surface area contributed by atoms with Gasteiger partial charge in [0.1, 0.15) is 5.75 Å². The number of aryl methyl sites for hydroxylation is 3. The summed E-state index contributed by atoms with van der Waals surface area (Å²) in [5.74, 6) is 1.40. The summed E-state index contributed by atoms with van der Waals surface area (Å²) in [6, 6.07) is 20.1. The third-order valence-electron chi connectivity index (χ3n) is 11.2. The molecule has 0 amide bonds. The molecule has 0 aliphatic heterocycles. The normalized spacial score (nSPS) is 15.8. The lowest BCUT2D eigenvalue weighted by Crippen LogP contribution is -2.31. The van der Waals surface area contributed by atoms with E-state index in [0.717, 1.165) is 39.5 Å². The van der Waals surface area contributed by atoms with Crippen molar-refractivity contribution in [1.82, 2.24) is 0 Å². The zero-order valence-corrected chi connectivity index (χ0v) is 33.3. The molecule has 3 aromatic carbocycles. The summed E-state index contributed by atoms with van der Waals surface area (Å²) in [6.07, 6.45) is 8.58. The van der Waals surface area contributed by atoms with Crippen LogP contribution in [0.4, 0.5) is 0 Å². The number of ether oxygens (including phenoxy) is 3. The molecule has 0 unspecified atom stereocenters. The lowest BCUT2D eigenvalue weighted by Gasteiger charge is -2.28. The second-order valence-corrected chi connectivity index (χ2v) is 15.5. The van der Waals surface area contributed by atoms with E-state index in [1.165, 1.54) is 42.4 Å². The monoisotopic (exact) mass is 738 g/mol. The summed E-state index contributed by atoms with van der Waals surface area (Å²) in [7, 11) is 0. The highest BCUT2D eigenvalue weighted by atomic mass is 16.5. The first-order valence-corrected chi connectivity index (χ1v) is 19.8. The zero-order chi connectivity index (χ0) is 39.3. The molecule has 0 heterocycles. The van der Waals surface area contributed by atoms with E-state index in [9.17, 15) is 19.8 Å². The number of hydrogen-bond acceptors (Lipinski definition) is 7. The van der Waals surface area contributed by atoms with Gasteiger partial charge in [0.25, 0.3) is 0 Å². The fraction of sp³-hybridized carbons (Fsp3) is 0.489. The van der Waals surface area contributed by atoms with Crippen LogP contribution in [0.15, 0.2) is 78.9 Å². The molecule has 4 rings (SSSR count). The Morgan fingerprint density at radius 2 is 1.30 bits per heavy atom. The third kappa shape index (κ3) is 11.6. The molecule has 0 radical (unpaired) electrons. The molecule has 1 saturated carbocycles. The van der Waals surface area contributed by atoms with Gasteiger partial charge >= 0.3 is 11.9 Å². The van der Waals surface area contributed by atoms with Crippen LogP contribution in [0.25, 0.3) is 22.3 Å². The van der Waals surface area contributed by atoms with Crippen LogP contribution in [-0.4, -0.2) is 55.2 Å². The SMILES string of the molecule is C=C(C)C(=O)OCCCc1cc(-c2ccc(-c3ccc(C4CCC(C)CC4)cc3)cc2C)cc(CCCOC(=O)C(=C)C)c1OCCC(CC)(CO)CO. The fourth-order valence-corrected chi connectivity index (χ4v) is 7.25. The van der Waals surface area contributed by atoms with Gasteiger partial charge in [-0.25, -0.2) is 9.59 Å². The van der Waals surface area contributed by atoms with Crippen LogP contribution in [0.1, 0.15) is 107 Å². The van der Waals surface area contributed by atoms with Crippen molar-refractivity contribution in [2.45, 2.75) is 105 Å². The van der Waals surface area contributed by atoms with Gasteiger partial charge in [-0.05, 0) is 141 Å². The summed E-state index contributed by atoms with van der Waals surface area (Å²) in [5.41, 5.74) is 9.13. The molecular weight excluding hydrogens is 677 g/mol. The smallest absolute Gasteiger partial charge is 0.333 e. The third-order valence-corrected chi connectivity index (χ3v) is 11.2. The molecule has 0 saturated heterocycles. The average Bonchev–Trinajstić information content (AvgIpc) is 3.17. The minimum absolute atomic E-state index is 0.135. The number of esters is 2. The van der Waals surface area contributed by atoms with E-state index in [2.05, 4.69) is 81.6 Å². The maximum Gasteiger partial charge on any atom is 0.333 e. The first-order valence-electron chi connectivity index (χ1n) is 19.8. The van der Waals surface area contributed by atoms with Gasteiger partial charge in [0.2, 0.25) is 0 Å². The van der Waals surface area contributed by atoms with Gasteiger partial charge in [0.15, 0.2) is 0 Å². The van der Waals surface area contributed by atoms with Crippen LogP contribution >= 0.6 is 0 Å². The largest absolute Gasteiger partial charge is 0.493 e. The lowest BCUT2D eigenvalue weighted by molar-refractivity contribution is -0.139. The lowest BCUT2D eigenvalue weighted by atomic mass is 9.79. The highest BCUT2D eigenvalue weighted by Crippen LogP contribution is 2.38. The van der Waals surface area contributed by atoms with Gasteiger partial charge < -0.3 is 24.4 Å². The number of aliphatic hydroxyl groups is 2. The predicted octanol–water partition coefficient (Wildman–Crippen LogP) is 9.88. The summed E-state index contributed by atoms with van der Waals surface area (Å²) in [6.45, 7) is 17.6. The molecule has 0 aromatic heterocycles. The van der Waals surface area contributed by atoms with Gasteiger partial charge in [-0.3, -0.25) is 0 Å². The van der Waals surface area contributed by atoms with Crippen molar-refractivity contribution in [1.29, 1.82) is 0 Å². The topological polar surface area (TPSA) is 102 Å². The summed E-state index contributed by atoms with van der Waals surface area (Å²) < 4.78 is 17.4. The number of carbonyl (C=O) groups excluding carboxylic acids is 2. The fourth-order valence-electron chi connectivity index (χ4n) is 7.25. The van der Waals surface area contributed by atoms with Crippen LogP contribution < -0.4 is 4.74 Å². The van der Waals surface area contributed by atoms with Crippen molar-refractivity contribution >= 4 is 11.9 Å². The Morgan fingerprint density at radius 1 is 0.759 bits per heavy atom. The van der Waals surface area contributed by atoms with Gasteiger partial charge in [-0.2, -0.15) is 0 Å². The van der Waals surface area contributed by atoms with E-state index in [1.807, 2.05) is 6.92 Å². The van der Waals surface area contributed by atoms with Gasteiger partial charge in [-0.15, -0.1) is 0 Å². The molecule has 7 heteroatoms. The van der Waals surface area contributed by atoms with Crippen LogP contribution in [0.3, 0.4) is 0 Å². The molecule has 1 aliphatic rings. The quantitative estimate of drug-likeness (QED) is 0.0676. The van der Waals surface area contributed by atoms with Crippen LogP contribution in [0, 0.1) is 18.3 Å². The second kappa shape index (κ2) is 20.5. The molecule has 1 fully saturated rings. The Bertz CT molecular complexity index is 1660. The van der Waals surface area contributed by atoms with E-state index in [4.69, 9.17) is 14.2 Å². The van der Waals surface area contributed by atoms with Gasteiger partial charge in [-0.1, -0.05) is 82.3 Å². The minimum Gasteiger partial charge on any atom is -0.493 e. The first-order chi connectivity index (χ1) is 25.9. The second-order valence-electron chi connectivity index (χ2n) is 15.5. The van der Waals surface area contributed by atoms with Gasteiger partial charge in [0.05, 0.1) is 33.0 Å². The number of carbonyl (C=O) groups is 2. The number of hydrogen-bond donors (Lipinski definition) is 2. The maximum atomic E-state index is 12.1. The molecule has 1 aliphatic carbocycles. The van der Waals surface area contributed by atoms with E-state index < -0.39 is 17.4 Å². The van der Waals surface area contributed by atoms with Crippen LogP contribution in [0.5, 0.6) is 5.75 Å². The Morgan fingerprint density at radius 3 is 1.78 bits per heavy atom. The minimum atomic E-state index is -0.637. The molecule has 292 valence electrons. The first kappa shape index (κ1) is 42.5. The molecular formula is C47H62O7. The molecule has 54 heavy (non-hydrogen) atoms. The molecule has 0 spiro atoms. The van der Waals surface area contributed by atoms with Crippen LogP contribution in [-0.2, 0) is 31.9 Å². The van der Waals surface area contributed by atoms with Crippen molar-refractivity contribution in [3.05, 3.63) is 101 Å². The van der Waals surface area contributed by atoms with Crippen molar-refractivity contribution < 1.29 is 34.0 Å². The molecule has 0 bridgehead atoms. The molecule has 2 N–H and O–H groups in total. The number of rotatable bonds is 20.